The molecule has 0 saturated heterocycles. The lowest BCUT2D eigenvalue weighted by molar-refractivity contribution is 0.101. The highest BCUT2D eigenvalue weighted by Gasteiger charge is 2.01. The molecule has 0 aliphatic heterocycles. The number of Topliss-reactive ketones (excluding diaryl/α,β-unsaturated/α-hetero) is 1. The minimum atomic E-state index is 0.0648. The number of carbonyl (C=O) groups is 1. The van der Waals surface area contributed by atoms with Crippen LogP contribution in [-0.4, -0.2) is 15.6 Å². The van der Waals surface area contributed by atoms with E-state index in [1.165, 1.54) is 0 Å². The zero-order valence-corrected chi connectivity index (χ0v) is 7.86. The van der Waals surface area contributed by atoms with Gasteiger partial charge in [0, 0.05) is 12.7 Å². The molecule has 3 heteroatoms. The molecule has 0 aliphatic carbocycles. The number of carbonyl (C=O) groups excluding carboxylic acids is 1. The van der Waals surface area contributed by atoms with Crippen LogP contribution in [0.4, 0.5) is 0 Å². The van der Waals surface area contributed by atoms with Crippen molar-refractivity contribution in [3.63, 3.8) is 0 Å². The van der Waals surface area contributed by atoms with E-state index < -0.39 is 0 Å². The topological polar surface area (TPSA) is 34.9 Å². The monoisotopic (exact) mass is 178 g/mol. The second kappa shape index (κ2) is 4.60. The third-order valence-electron chi connectivity index (χ3n) is 1.84. The molecule has 0 fully saturated rings. The van der Waals surface area contributed by atoms with Crippen molar-refractivity contribution < 1.29 is 4.79 Å². The predicted molar refractivity (Wildman–Crippen MR) is 51.7 cm³/mol. The van der Waals surface area contributed by atoms with E-state index in [-0.39, 0.29) is 5.78 Å². The molecule has 0 unspecified atom stereocenters. The molecule has 1 aromatic heterocycles. The van der Waals surface area contributed by atoms with Crippen molar-refractivity contribution in [2.24, 2.45) is 0 Å². The van der Waals surface area contributed by atoms with E-state index in [0.29, 0.717) is 5.56 Å². The van der Waals surface area contributed by atoms with E-state index in [9.17, 15) is 4.79 Å². The zero-order chi connectivity index (χ0) is 9.68. The Kier molecular flexibility index (Phi) is 3.43. The summed E-state index contributed by atoms with van der Waals surface area (Å²) in [5.41, 5.74) is 0.679. The fourth-order valence-corrected chi connectivity index (χ4v) is 1.07. The predicted octanol–water partition coefficient (Wildman–Crippen LogP) is 2.05. The van der Waals surface area contributed by atoms with Crippen molar-refractivity contribution in [2.75, 3.05) is 0 Å². The van der Waals surface area contributed by atoms with Crippen LogP contribution in [0.25, 0.3) is 0 Å². The molecule has 0 N–H and O–H groups in total. The van der Waals surface area contributed by atoms with Gasteiger partial charge >= 0.3 is 0 Å². The summed E-state index contributed by atoms with van der Waals surface area (Å²) in [6.45, 7) is 6.03. The summed E-state index contributed by atoms with van der Waals surface area (Å²) in [7, 11) is 0. The Hall–Kier alpha value is -1.38. The molecule has 70 valence electrons. The number of hydrogen-bond acceptors (Lipinski definition) is 2. The number of ketones is 1. The summed E-state index contributed by atoms with van der Waals surface area (Å²) in [5.74, 6) is 0.0648. The quantitative estimate of drug-likeness (QED) is 0.393. The fourth-order valence-electron chi connectivity index (χ4n) is 1.07. The molecule has 0 aromatic carbocycles. The van der Waals surface area contributed by atoms with Crippen LogP contribution >= 0.6 is 0 Å². The summed E-state index contributed by atoms with van der Waals surface area (Å²) >= 11 is 0. The lowest BCUT2D eigenvalue weighted by atomic mass is 10.3. The van der Waals surface area contributed by atoms with Gasteiger partial charge in [-0.3, -0.25) is 9.48 Å². The Balaban J connectivity index is 2.49. The van der Waals surface area contributed by atoms with E-state index in [1.807, 2.05) is 6.08 Å². The maximum atomic E-state index is 10.9. The SMILES string of the molecule is C=CCCCn1cc(C(C)=O)cn1. The van der Waals surface area contributed by atoms with E-state index in [1.54, 1.807) is 24.0 Å². The molecule has 0 saturated carbocycles. The van der Waals surface area contributed by atoms with Crippen LogP contribution in [0.1, 0.15) is 30.1 Å². The van der Waals surface area contributed by atoms with Gasteiger partial charge in [-0.25, -0.2) is 0 Å². The molecule has 13 heavy (non-hydrogen) atoms. The molecule has 3 nitrogen and oxygen atoms in total. The Labute approximate surface area is 78.1 Å². The number of allylic oxidation sites excluding steroid dienone is 1. The molecular weight excluding hydrogens is 164 g/mol. The molecule has 1 rings (SSSR count). The van der Waals surface area contributed by atoms with Gasteiger partial charge in [0.25, 0.3) is 0 Å². The van der Waals surface area contributed by atoms with Gasteiger partial charge < -0.3 is 0 Å². The lowest BCUT2D eigenvalue weighted by Gasteiger charge is -1.97. The minimum absolute atomic E-state index is 0.0648. The summed E-state index contributed by atoms with van der Waals surface area (Å²) < 4.78 is 1.79. The number of aryl methyl sites for hydroxylation is 1. The van der Waals surface area contributed by atoms with Crippen LogP contribution in [0.15, 0.2) is 25.0 Å². The molecule has 0 bridgehead atoms. The molecule has 1 aromatic rings. The van der Waals surface area contributed by atoms with Gasteiger partial charge in [0.2, 0.25) is 0 Å². The normalized spacial score (nSPS) is 9.92. The number of rotatable bonds is 5. The highest BCUT2D eigenvalue weighted by atomic mass is 16.1. The second-order valence-electron chi connectivity index (χ2n) is 2.98. The third kappa shape index (κ3) is 2.86. The van der Waals surface area contributed by atoms with Gasteiger partial charge in [-0.05, 0) is 19.8 Å². The first-order valence-corrected chi connectivity index (χ1v) is 4.38. The molecule has 0 aliphatic rings. The molecule has 0 spiro atoms. The van der Waals surface area contributed by atoms with Crippen LogP contribution in [0.2, 0.25) is 0 Å². The summed E-state index contributed by atoms with van der Waals surface area (Å²) in [4.78, 5) is 10.9. The number of unbranched alkanes of at least 4 members (excludes halogenated alkanes) is 1. The van der Waals surface area contributed by atoms with Crippen LogP contribution in [0.3, 0.4) is 0 Å². The maximum Gasteiger partial charge on any atom is 0.162 e. The van der Waals surface area contributed by atoms with Crippen LogP contribution < -0.4 is 0 Å². The van der Waals surface area contributed by atoms with Crippen LogP contribution in [-0.2, 0) is 6.54 Å². The molecule has 1 heterocycles. The average Bonchev–Trinajstić information content (AvgIpc) is 2.53. The first-order chi connectivity index (χ1) is 6.24. The van der Waals surface area contributed by atoms with Crippen molar-refractivity contribution in [3.05, 3.63) is 30.6 Å². The lowest BCUT2D eigenvalue weighted by Crippen LogP contribution is -1.97. The van der Waals surface area contributed by atoms with Crippen molar-refractivity contribution >= 4 is 5.78 Å². The highest BCUT2D eigenvalue weighted by Crippen LogP contribution is 2.00. The first kappa shape index (κ1) is 9.71. The van der Waals surface area contributed by atoms with Gasteiger partial charge in [0.1, 0.15) is 0 Å². The van der Waals surface area contributed by atoms with Crippen LogP contribution in [0.5, 0.6) is 0 Å². The number of aromatic nitrogens is 2. The van der Waals surface area contributed by atoms with E-state index in [0.717, 1.165) is 19.4 Å². The van der Waals surface area contributed by atoms with Crippen molar-refractivity contribution in [3.8, 4) is 0 Å². The van der Waals surface area contributed by atoms with E-state index in [4.69, 9.17) is 0 Å². The highest BCUT2D eigenvalue weighted by molar-refractivity contribution is 5.93. The smallest absolute Gasteiger partial charge is 0.162 e. The molecule has 0 atom stereocenters. The summed E-state index contributed by atoms with van der Waals surface area (Å²) in [6.07, 6.45) is 7.27. The maximum absolute atomic E-state index is 10.9. The minimum Gasteiger partial charge on any atom is -0.294 e. The second-order valence-corrected chi connectivity index (χ2v) is 2.98. The van der Waals surface area contributed by atoms with Gasteiger partial charge in [0.05, 0.1) is 11.8 Å². The summed E-state index contributed by atoms with van der Waals surface area (Å²) in [6, 6.07) is 0. The molecule has 0 amide bonds. The fraction of sp³-hybridized carbons (Fsp3) is 0.400. The third-order valence-corrected chi connectivity index (χ3v) is 1.84. The van der Waals surface area contributed by atoms with E-state index in [2.05, 4.69) is 11.7 Å². The van der Waals surface area contributed by atoms with Crippen molar-refractivity contribution in [2.45, 2.75) is 26.3 Å². The van der Waals surface area contributed by atoms with Gasteiger partial charge in [-0.15, -0.1) is 6.58 Å². The van der Waals surface area contributed by atoms with Crippen LogP contribution in [0, 0.1) is 0 Å². The largest absolute Gasteiger partial charge is 0.294 e. The van der Waals surface area contributed by atoms with Gasteiger partial charge in [-0.1, -0.05) is 6.08 Å². The summed E-state index contributed by atoms with van der Waals surface area (Å²) in [5, 5.41) is 4.07. The standard InChI is InChI=1S/C10H14N2O/c1-3-4-5-6-12-8-10(7-11-12)9(2)13/h3,7-8H,1,4-6H2,2H3. The Morgan fingerprint density at radius 2 is 2.54 bits per heavy atom. The van der Waals surface area contributed by atoms with Crippen molar-refractivity contribution in [1.82, 2.24) is 9.78 Å². The Bertz CT molecular complexity index is 302. The Morgan fingerprint density at radius 3 is 3.08 bits per heavy atom. The number of nitrogens with zero attached hydrogens (tertiary/aromatic N) is 2. The van der Waals surface area contributed by atoms with Crippen molar-refractivity contribution in [1.29, 1.82) is 0 Å². The average molecular weight is 178 g/mol. The molecular formula is C10H14N2O. The van der Waals surface area contributed by atoms with E-state index >= 15 is 0 Å². The Morgan fingerprint density at radius 1 is 1.77 bits per heavy atom. The number of hydrogen-bond donors (Lipinski definition) is 0. The molecule has 0 radical (unpaired) electrons. The zero-order valence-electron chi connectivity index (χ0n) is 7.86. The van der Waals surface area contributed by atoms with Gasteiger partial charge in [-0.2, -0.15) is 5.10 Å². The first-order valence-electron chi connectivity index (χ1n) is 4.38. The van der Waals surface area contributed by atoms with Gasteiger partial charge in [0.15, 0.2) is 5.78 Å².